The molecule has 0 aromatic carbocycles. The number of Topliss-reactive ketones (excluding diaryl/α,β-unsaturated/α-hetero) is 2. The Balaban J connectivity index is 1.84. The standard InChI is InChI=1S/C15H20O4/c1-6-9-3-8(4-10(9)15(18)19)13(6)14-7(2)11(16)5-12(14)17/h6-10,13-14H,3-5H2,1-2H3,(H,18,19). The Morgan fingerprint density at radius 3 is 2.32 bits per heavy atom. The summed E-state index contributed by atoms with van der Waals surface area (Å²) in [6, 6.07) is 0. The lowest BCUT2D eigenvalue weighted by atomic mass is 9.67. The molecule has 3 rings (SSSR count). The molecule has 4 heteroatoms. The van der Waals surface area contributed by atoms with Gasteiger partial charge in [-0.3, -0.25) is 14.4 Å². The van der Waals surface area contributed by atoms with Crippen molar-refractivity contribution in [1.82, 2.24) is 0 Å². The number of hydrogen-bond donors (Lipinski definition) is 1. The molecule has 0 radical (unpaired) electrons. The Kier molecular flexibility index (Phi) is 2.80. The quantitative estimate of drug-likeness (QED) is 0.772. The first-order valence-corrected chi connectivity index (χ1v) is 7.20. The molecule has 19 heavy (non-hydrogen) atoms. The van der Waals surface area contributed by atoms with Crippen LogP contribution < -0.4 is 0 Å². The van der Waals surface area contributed by atoms with E-state index in [9.17, 15) is 19.5 Å². The van der Waals surface area contributed by atoms with Gasteiger partial charge < -0.3 is 5.11 Å². The maximum atomic E-state index is 12.1. The van der Waals surface area contributed by atoms with Gasteiger partial charge >= 0.3 is 5.97 Å². The molecule has 0 heterocycles. The van der Waals surface area contributed by atoms with Gasteiger partial charge in [0, 0.05) is 11.8 Å². The first kappa shape index (κ1) is 12.8. The number of ketones is 2. The van der Waals surface area contributed by atoms with Crippen LogP contribution in [0.25, 0.3) is 0 Å². The van der Waals surface area contributed by atoms with Crippen LogP contribution in [0.4, 0.5) is 0 Å². The van der Waals surface area contributed by atoms with Crippen LogP contribution in [0.2, 0.25) is 0 Å². The van der Waals surface area contributed by atoms with E-state index in [1.54, 1.807) is 0 Å². The molecule has 0 saturated heterocycles. The summed E-state index contributed by atoms with van der Waals surface area (Å²) in [5, 5.41) is 9.23. The minimum Gasteiger partial charge on any atom is -0.481 e. The third-order valence-electron chi connectivity index (χ3n) is 5.97. The number of rotatable bonds is 2. The SMILES string of the molecule is CC1C(=O)CC(=O)C1C1C2CC(C(=O)O)C(C2)C1C. The normalized spacial score (nSPS) is 49.1. The predicted molar refractivity (Wildman–Crippen MR) is 67.3 cm³/mol. The number of carbonyl (C=O) groups excluding carboxylic acids is 2. The van der Waals surface area contributed by atoms with Gasteiger partial charge in [-0.25, -0.2) is 0 Å². The van der Waals surface area contributed by atoms with Crippen molar-refractivity contribution in [3.63, 3.8) is 0 Å². The highest BCUT2D eigenvalue weighted by molar-refractivity contribution is 6.08. The Labute approximate surface area is 112 Å². The molecule has 2 bridgehead atoms. The van der Waals surface area contributed by atoms with E-state index in [4.69, 9.17) is 0 Å². The van der Waals surface area contributed by atoms with Crippen molar-refractivity contribution in [3.05, 3.63) is 0 Å². The summed E-state index contributed by atoms with van der Waals surface area (Å²) in [6.45, 7) is 3.94. The van der Waals surface area contributed by atoms with Crippen LogP contribution in [0.15, 0.2) is 0 Å². The highest BCUT2D eigenvalue weighted by Gasteiger charge is 2.58. The summed E-state index contributed by atoms with van der Waals surface area (Å²) in [4.78, 5) is 35.0. The van der Waals surface area contributed by atoms with E-state index in [1.807, 2.05) is 6.92 Å². The summed E-state index contributed by atoms with van der Waals surface area (Å²) >= 11 is 0. The van der Waals surface area contributed by atoms with Crippen molar-refractivity contribution in [3.8, 4) is 0 Å². The zero-order valence-corrected chi connectivity index (χ0v) is 11.3. The van der Waals surface area contributed by atoms with Gasteiger partial charge in [0.25, 0.3) is 0 Å². The monoisotopic (exact) mass is 264 g/mol. The van der Waals surface area contributed by atoms with Gasteiger partial charge in [0.1, 0.15) is 11.6 Å². The molecule has 7 unspecified atom stereocenters. The van der Waals surface area contributed by atoms with Crippen molar-refractivity contribution >= 4 is 17.5 Å². The van der Waals surface area contributed by atoms with Gasteiger partial charge in [-0.1, -0.05) is 13.8 Å². The zero-order valence-electron chi connectivity index (χ0n) is 11.3. The lowest BCUT2D eigenvalue weighted by Crippen LogP contribution is -2.37. The summed E-state index contributed by atoms with van der Waals surface area (Å²) < 4.78 is 0. The number of hydrogen-bond acceptors (Lipinski definition) is 3. The average molecular weight is 264 g/mol. The zero-order chi connectivity index (χ0) is 13.9. The summed E-state index contributed by atoms with van der Waals surface area (Å²) in [5.74, 6) is -0.0786. The molecular weight excluding hydrogens is 244 g/mol. The number of carboxylic acid groups (broad SMARTS) is 1. The van der Waals surface area contributed by atoms with Crippen molar-refractivity contribution < 1.29 is 19.5 Å². The minimum atomic E-state index is -0.695. The average Bonchev–Trinajstić information content (AvgIpc) is 2.95. The first-order chi connectivity index (χ1) is 8.91. The second kappa shape index (κ2) is 4.15. The van der Waals surface area contributed by atoms with Crippen molar-refractivity contribution in [2.24, 2.45) is 41.4 Å². The molecule has 4 nitrogen and oxygen atoms in total. The summed E-state index contributed by atoms with van der Waals surface area (Å²) in [6.07, 6.45) is 1.71. The second-order valence-corrected chi connectivity index (χ2v) is 6.70. The highest BCUT2D eigenvalue weighted by atomic mass is 16.4. The van der Waals surface area contributed by atoms with Gasteiger partial charge in [0.05, 0.1) is 12.3 Å². The smallest absolute Gasteiger partial charge is 0.306 e. The summed E-state index contributed by atoms with van der Waals surface area (Å²) in [5.41, 5.74) is 0. The highest BCUT2D eigenvalue weighted by Crippen LogP contribution is 2.59. The van der Waals surface area contributed by atoms with Gasteiger partial charge in [-0.05, 0) is 36.5 Å². The molecule has 0 aromatic rings. The van der Waals surface area contributed by atoms with Gasteiger partial charge in [-0.2, -0.15) is 0 Å². The lowest BCUT2D eigenvalue weighted by Gasteiger charge is -2.36. The minimum absolute atomic E-state index is 0.0692. The topological polar surface area (TPSA) is 71.4 Å². The van der Waals surface area contributed by atoms with Crippen LogP contribution in [0.5, 0.6) is 0 Å². The molecule has 3 fully saturated rings. The third kappa shape index (κ3) is 1.68. The maximum absolute atomic E-state index is 12.1. The number of carbonyl (C=O) groups is 3. The Bertz CT molecular complexity index is 453. The molecule has 3 saturated carbocycles. The fourth-order valence-electron chi connectivity index (χ4n) is 5.10. The molecule has 3 aliphatic carbocycles. The van der Waals surface area contributed by atoms with Crippen molar-refractivity contribution in [2.45, 2.75) is 33.1 Å². The van der Waals surface area contributed by atoms with Crippen LogP contribution in [0.3, 0.4) is 0 Å². The molecule has 0 amide bonds. The van der Waals surface area contributed by atoms with Crippen LogP contribution in [-0.2, 0) is 14.4 Å². The molecule has 3 aliphatic rings. The van der Waals surface area contributed by atoms with Gasteiger partial charge in [0.2, 0.25) is 0 Å². The van der Waals surface area contributed by atoms with E-state index in [1.165, 1.54) is 0 Å². The molecule has 104 valence electrons. The lowest BCUT2D eigenvalue weighted by molar-refractivity contribution is -0.145. The van der Waals surface area contributed by atoms with Crippen molar-refractivity contribution in [2.75, 3.05) is 0 Å². The van der Waals surface area contributed by atoms with Crippen LogP contribution >= 0.6 is 0 Å². The Morgan fingerprint density at radius 2 is 1.84 bits per heavy atom. The van der Waals surface area contributed by atoms with Gasteiger partial charge in [-0.15, -0.1) is 0 Å². The number of aliphatic carboxylic acids is 1. The van der Waals surface area contributed by atoms with Gasteiger partial charge in [0.15, 0.2) is 0 Å². The molecule has 7 atom stereocenters. The van der Waals surface area contributed by atoms with E-state index in [2.05, 4.69) is 6.92 Å². The van der Waals surface area contributed by atoms with Crippen LogP contribution in [0, 0.1) is 41.4 Å². The molecular formula is C15H20O4. The third-order valence-corrected chi connectivity index (χ3v) is 5.97. The molecule has 1 N–H and O–H groups in total. The Hall–Kier alpha value is -1.19. The molecule has 0 aromatic heterocycles. The predicted octanol–water partition coefficient (Wildman–Crippen LogP) is 1.77. The second-order valence-electron chi connectivity index (χ2n) is 6.70. The number of carboxylic acids is 1. The van der Waals surface area contributed by atoms with Crippen molar-refractivity contribution in [1.29, 1.82) is 0 Å². The molecule has 0 aliphatic heterocycles. The van der Waals surface area contributed by atoms with Crippen LogP contribution in [0.1, 0.15) is 33.1 Å². The Morgan fingerprint density at radius 1 is 1.16 bits per heavy atom. The number of fused-ring (bicyclic) bond motifs is 2. The van der Waals surface area contributed by atoms with E-state index < -0.39 is 5.97 Å². The fraction of sp³-hybridized carbons (Fsp3) is 0.800. The van der Waals surface area contributed by atoms with Crippen LogP contribution in [-0.4, -0.2) is 22.6 Å². The maximum Gasteiger partial charge on any atom is 0.306 e. The van der Waals surface area contributed by atoms with E-state index in [-0.39, 0.29) is 53.5 Å². The molecule has 0 spiro atoms. The van der Waals surface area contributed by atoms with E-state index in [0.717, 1.165) is 6.42 Å². The largest absolute Gasteiger partial charge is 0.481 e. The van der Waals surface area contributed by atoms with E-state index in [0.29, 0.717) is 12.3 Å². The van der Waals surface area contributed by atoms with E-state index >= 15 is 0 Å². The first-order valence-electron chi connectivity index (χ1n) is 7.20. The fourth-order valence-corrected chi connectivity index (χ4v) is 5.10. The summed E-state index contributed by atoms with van der Waals surface area (Å²) in [7, 11) is 0.